The Morgan fingerprint density at radius 2 is 2.06 bits per heavy atom. The number of fused-ring (bicyclic) bond motifs is 1. The molecule has 3 rings (SSSR count). The summed E-state index contributed by atoms with van der Waals surface area (Å²) in [6.45, 7) is 6.00. The van der Waals surface area contributed by atoms with Crippen LogP contribution in [0.4, 0.5) is 5.82 Å². The van der Waals surface area contributed by atoms with Crippen molar-refractivity contribution in [2.24, 2.45) is 0 Å². The van der Waals surface area contributed by atoms with Crippen molar-refractivity contribution in [2.75, 3.05) is 18.0 Å². The summed E-state index contributed by atoms with van der Waals surface area (Å²) in [5.41, 5.74) is 0. The van der Waals surface area contributed by atoms with Gasteiger partial charge in [-0.3, -0.25) is 0 Å². The fourth-order valence-electron chi connectivity index (χ4n) is 2.38. The van der Waals surface area contributed by atoms with E-state index in [-0.39, 0.29) is 12.2 Å². The van der Waals surface area contributed by atoms with Crippen LogP contribution in [0.5, 0.6) is 0 Å². The standard InChI is InChI=1S/C12H15N3OS/c1-8-5-15(6-9(2)16-8)11-10-3-4-17-12(10)14-7-13-11/h3-4,7-9H,5-6H2,1-2H3/t8-,9+. The molecule has 2 aromatic heterocycles. The van der Waals surface area contributed by atoms with Crippen molar-refractivity contribution >= 4 is 27.4 Å². The highest BCUT2D eigenvalue weighted by Crippen LogP contribution is 2.28. The first-order chi connectivity index (χ1) is 8.24. The zero-order chi connectivity index (χ0) is 11.8. The second-order valence-corrected chi connectivity index (χ2v) is 5.39. The van der Waals surface area contributed by atoms with E-state index in [0.717, 1.165) is 29.1 Å². The van der Waals surface area contributed by atoms with Gasteiger partial charge in [-0.25, -0.2) is 9.97 Å². The van der Waals surface area contributed by atoms with Gasteiger partial charge in [0.25, 0.3) is 0 Å². The highest BCUT2D eigenvalue weighted by molar-refractivity contribution is 7.16. The van der Waals surface area contributed by atoms with E-state index in [1.807, 2.05) is 0 Å². The normalized spacial score (nSPS) is 25.4. The van der Waals surface area contributed by atoms with Gasteiger partial charge in [0.05, 0.1) is 17.6 Å². The topological polar surface area (TPSA) is 38.2 Å². The number of ether oxygens (including phenoxy) is 1. The predicted octanol–water partition coefficient (Wildman–Crippen LogP) is 2.30. The zero-order valence-corrected chi connectivity index (χ0v) is 10.8. The second-order valence-electron chi connectivity index (χ2n) is 4.50. The SMILES string of the molecule is C[C@@H]1CN(c2ncnc3sccc23)C[C@H](C)O1. The van der Waals surface area contributed by atoms with E-state index in [0.29, 0.717) is 0 Å². The van der Waals surface area contributed by atoms with Crippen molar-refractivity contribution in [1.82, 2.24) is 9.97 Å². The molecule has 0 spiro atoms. The van der Waals surface area contributed by atoms with Crippen LogP contribution < -0.4 is 4.90 Å². The summed E-state index contributed by atoms with van der Waals surface area (Å²) in [5.74, 6) is 1.04. The van der Waals surface area contributed by atoms with Crippen LogP contribution in [-0.4, -0.2) is 35.3 Å². The molecule has 0 aliphatic carbocycles. The number of aromatic nitrogens is 2. The lowest BCUT2D eigenvalue weighted by atomic mass is 10.2. The van der Waals surface area contributed by atoms with Gasteiger partial charge in [-0.15, -0.1) is 11.3 Å². The first kappa shape index (κ1) is 10.9. The summed E-state index contributed by atoms with van der Waals surface area (Å²) in [7, 11) is 0. The summed E-state index contributed by atoms with van der Waals surface area (Å²) >= 11 is 1.66. The molecule has 5 heteroatoms. The summed E-state index contributed by atoms with van der Waals surface area (Å²) in [4.78, 5) is 12.1. The number of hydrogen-bond acceptors (Lipinski definition) is 5. The number of anilines is 1. The van der Waals surface area contributed by atoms with Crippen molar-refractivity contribution in [2.45, 2.75) is 26.1 Å². The first-order valence-corrected chi connectivity index (χ1v) is 6.70. The van der Waals surface area contributed by atoms with Crippen molar-refractivity contribution < 1.29 is 4.74 Å². The maximum Gasteiger partial charge on any atom is 0.140 e. The largest absolute Gasteiger partial charge is 0.372 e. The van der Waals surface area contributed by atoms with Crippen LogP contribution in [0.15, 0.2) is 17.8 Å². The van der Waals surface area contributed by atoms with Gasteiger partial charge in [-0.1, -0.05) is 0 Å². The predicted molar refractivity (Wildman–Crippen MR) is 69.6 cm³/mol. The number of nitrogens with zero attached hydrogens (tertiary/aromatic N) is 3. The number of thiophene rings is 1. The van der Waals surface area contributed by atoms with E-state index in [1.165, 1.54) is 0 Å². The van der Waals surface area contributed by atoms with Gasteiger partial charge >= 0.3 is 0 Å². The summed E-state index contributed by atoms with van der Waals surface area (Å²) in [6.07, 6.45) is 2.16. The monoisotopic (exact) mass is 249 g/mol. The molecule has 0 radical (unpaired) electrons. The van der Waals surface area contributed by atoms with Crippen LogP contribution in [0.3, 0.4) is 0 Å². The third-order valence-electron chi connectivity index (χ3n) is 2.96. The number of morpholine rings is 1. The molecule has 2 aromatic rings. The van der Waals surface area contributed by atoms with Crippen LogP contribution in [0, 0.1) is 0 Å². The summed E-state index contributed by atoms with van der Waals surface area (Å²) < 4.78 is 5.75. The molecule has 1 aliphatic heterocycles. The molecule has 1 saturated heterocycles. The van der Waals surface area contributed by atoms with Crippen molar-refractivity contribution in [3.63, 3.8) is 0 Å². The molecule has 17 heavy (non-hydrogen) atoms. The fraction of sp³-hybridized carbons (Fsp3) is 0.500. The van der Waals surface area contributed by atoms with Gasteiger partial charge in [0.2, 0.25) is 0 Å². The molecule has 4 nitrogen and oxygen atoms in total. The minimum Gasteiger partial charge on any atom is -0.372 e. The lowest BCUT2D eigenvalue weighted by Crippen LogP contribution is -2.45. The quantitative estimate of drug-likeness (QED) is 0.777. The molecular weight excluding hydrogens is 234 g/mol. The molecule has 90 valence electrons. The highest BCUT2D eigenvalue weighted by Gasteiger charge is 2.24. The maximum atomic E-state index is 5.75. The average molecular weight is 249 g/mol. The molecule has 1 aliphatic rings. The summed E-state index contributed by atoms with van der Waals surface area (Å²) in [6, 6.07) is 2.10. The van der Waals surface area contributed by atoms with E-state index in [1.54, 1.807) is 17.7 Å². The number of rotatable bonds is 1. The van der Waals surface area contributed by atoms with Gasteiger partial charge in [0.1, 0.15) is 17.0 Å². The smallest absolute Gasteiger partial charge is 0.140 e. The first-order valence-electron chi connectivity index (χ1n) is 5.82. The van der Waals surface area contributed by atoms with E-state index in [9.17, 15) is 0 Å². The van der Waals surface area contributed by atoms with E-state index in [2.05, 4.69) is 40.2 Å². The maximum absolute atomic E-state index is 5.75. The minimum atomic E-state index is 0.252. The molecule has 0 unspecified atom stereocenters. The second kappa shape index (κ2) is 4.23. The lowest BCUT2D eigenvalue weighted by molar-refractivity contribution is -0.00537. The Bertz CT molecular complexity index is 517. The van der Waals surface area contributed by atoms with Crippen LogP contribution in [0.2, 0.25) is 0 Å². The van der Waals surface area contributed by atoms with E-state index < -0.39 is 0 Å². The highest BCUT2D eigenvalue weighted by atomic mass is 32.1. The van der Waals surface area contributed by atoms with Gasteiger partial charge in [0.15, 0.2) is 0 Å². The van der Waals surface area contributed by atoms with Gasteiger partial charge in [-0.2, -0.15) is 0 Å². The van der Waals surface area contributed by atoms with Crippen LogP contribution >= 0.6 is 11.3 Å². The van der Waals surface area contributed by atoms with Crippen molar-refractivity contribution in [3.8, 4) is 0 Å². The molecule has 1 fully saturated rings. The van der Waals surface area contributed by atoms with Crippen LogP contribution in [-0.2, 0) is 4.74 Å². The molecule has 0 bridgehead atoms. The van der Waals surface area contributed by atoms with Gasteiger partial charge in [-0.05, 0) is 25.3 Å². The molecule has 2 atom stereocenters. The molecule has 0 aromatic carbocycles. The molecular formula is C12H15N3OS. The Balaban J connectivity index is 2.00. The Labute approximate surface area is 104 Å². The average Bonchev–Trinajstić information content (AvgIpc) is 2.75. The fourth-order valence-corrected chi connectivity index (χ4v) is 3.11. The third-order valence-corrected chi connectivity index (χ3v) is 3.78. The van der Waals surface area contributed by atoms with E-state index in [4.69, 9.17) is 4.74 Å². The third kappa shape index (κ3) is 2.00. The Morgan fingerprint density at radius 3 is 2.82 bits per heavy atom. The van der Waals surface area contributed by atoms with Crippen molar-refractivity contribution in [1.29, 1.82) is 0 Å². The molecule has 3 heterocycles. The molecule has 0 saturated carbocycles. The Hall–Kier alpha value is -1.20. The minimum absolute atomic E-state index is 0.252. The van der Waals surface area contributed by atoms with Crippen LogP contribution in [0.25, 0.3) is 10.2 Å². The van der Waals surface area contributed by atoms with Gasteiger partial charge in [0, 0.05) is 13.1 Å². The van der Waals surface area contributed by atoms with E-state index >= 15 is 0 Å². The Kier molecular flexibility index (Phi) is 2.72. The van der Waals surface area contributed by atoms with Gasteiger partial charge < -0.3 is 9.64 Å². The summed E-state index contributed by atoms with van der Waals surface area (Å²) in [5, 5.41) is 3.22. The lowest BCUT2D eigenvalue weighted by Gasteiger charge is -2.36. The Morgan fingerprint density at radius 1 is 1.29 bits per heavy atom. The van der Waals surface area contributed by atoms with Crippen molar-refractivity contribution in [3.05, 3.63) is 17.8 Å². The van der Waals surface area contributed by atoms with Crippen LogP contribution in [0.1, 0.15) is 13.8 Å². The molecule has 0 N–H and O–H groups in total. The molecule has 0 amide bonds. The number of hydrogen-bond donors (Lipinski definition) is 0. The zero-order valence-electron chi connectivity index (χ0n) is 9.96.